The first kappa shape index (κ1) is 11.2. The van der Waals surface area contributed by atoms with Gasteiger partial charge in [0.25, 0.3) is 0 Å². The molecule has 2 aliphatic rings. The molecule has 1 N–H and O–H groups in total. The maximum absolute atomic E-state index is 5.96. The van der Waals surface area contributed by atoms with Crippen LogP contribution in [0.25, 0.3) is 0 Å². The fourth-order valence-corrected chi connectivity index (χ4v) is 2.75. The zero-order chi connectivity index (χ0) is 11.7. The van der Waals surface area contributed by atoms with Crippen LogP contribution in [0.15, 0.2) is 10.6 Å². The molecule has 2 aliphatic heterocycles. The van der Waals surface area contributed by atoms with Gasteiger partial charge in [0.15, 0.2) is 0 Å². The van der Waals surface area contributed by atoms with Crippen molar-refractivity contribution in [1.82, 2.24) is 10.3 Å². The van der Waals surface area contributed by atoms with E-state index in [0.717, 1.165) is 50.7 Å². The largest absolute Gasteiger partial charge is 0.443 e. The first-order valence-corrected chi connectivity index (χ1v) is 6.55. The first-order chi connectivity index (χ1) is 8.28. The van der Waals surface area contributed by atoms with Crippen LogP contribution in [0.3, 0.4) is 0 Å². The molecular weight excluding hydrogens is 216 g/mol. The van der Waals surface area contributed by atoms with Gasteiger partial charge in [0, 0.05) is 6.61 Å². The van der Waals surface area contributed by atoms with Crippen molar-refractivity contribution in [2.24, 2.45) is 0 Å². The highest BCUT2D eigenvalue weighted by Gasteiger charge is 2.34. The van der Waals surface area contributed by atoms with Crippen LogP contribution in [0.1, 0.15) is 50.3 Å². The summed E-state index contributed by atoms with van der Waals surface area (Å²) >= 11 is 0. The third-order valence-electron chi connectivity index (χ3n) is 3.91. The number of nitrogens with zero attached hydrogens (tertiary/aromatic N) is 1. The van der Waals surface area contributed by atoms with Gasteiger partial charge in [-0.25, -0.2) is 4.98 Å². The molecule has 3 rings (SSSR count). The van der Waals surface area contributed by atoms with Crippen molar-refractivity contribution in [3.05, 3.63) is 17.8 Å². The molecule has 0 aromatic carbocycles. The lowest BCUT2D eigenvalue weighted by Gasteiger charge is -2.30. The van der Waals surface area contributed by atoms with Gasteiger partial charge in [-0.15, -0.1) is 0 Å². The molecule has 1 aromatic heterocycles. The zero-order valence-electron chi connectivity index (χ0n) is 10.4. The Morgan fingerprint density at radius 1 is 1.47 bits per heavy atom. The van der Waals surface area contributed by atoms with E-state index in [1.54, 1.807) is 0 Å². The Hall–Kier alpha value is -0.870. The molecule has 0 amide bonds. The molecule has 4 heteroatoms. The SMILES string of the molecule is CC1(c2cnc(C3CCCN3)o2)CCCOC1. The van der Waals surface area contributed by atoms with Crippen LogP contribution in [0.4, 0.5) is 0 Å². The van der Waals surface area contributed by atoms with Gasteiger partial charge >= 0.3 is 0 Å². The number of hydrogen-bond acceptors (Lipinski definition) is 4. The van der Waals surface area contributed by atoms with Gasteiger partial charge in [0.1, 0.15) is 5.76 Å². The normalized spacial score (nSPS) is 34.1. The topological polar surface area (TPSA) is 47.3 Å². The van der Waals surface area contributed by atoms with E-state index in [-0.39, 0.29) is 5.41 Å². The lowest BCUT2D eigenvalue weighted by molar-refractivity contribution is 0.0323. The fraction of sp³-hybridized carbons (Fsp3) is 0.769. The molecule has 2 fully saturated rings. The number of hydrogen-bond donors (Lipinski definition) is 1. The van der Waals surface area contributed by atoms with Crippen LogP contribution >= 0.6 is 0 Å². The molecule has 1 aromatic rings. The standard InChI is InChI=1S/C13H20N2O2/c1-13(5-3-7-16-9-13)11-8-15-12(17-11)10-4-2-6-14-10/h8,10,14H,2-7,9H2,1H3. The molecule has 0 aliphatic carbocycles. The van der Waals surface area contributed by atoms with Crippen LogP contribution < -0.4 is 5.32 Å². The van der Waals surface area contributed by atoms with Gasteiger partial charge < -0.3 is 14.5 Å². The second-order valence-corrected chi connectivity index (χ2v) is 5.43. The van der Waals surface area contributed by atoms with Gasteiger partial charge in [0.05, 0.1) is 24.3 Å². The Balaban J connectivity index is 1.78. The Kier molecular flexibility index (Phi) is 2.92. The van der Waals surface area contributed by atoms with E-state index in [0.29, 0.717) is 6.04 Å². The van der Waals surface area contributed by atoms with Crippen LogP contribution in [0, 0.1) is 0 Å². The van der Waals surface area contributed by atoms with Gasteiger partial charge in [0.2, 0.25) is 5.89 Å². The predicted molar refractivity (Wildman–Crippen MR) is 63.9 cm³/mol. The minimum atomic E-state index is 0.0160. The van der Waals surface area contributed by atoms with Gasteiger partial charge in [-0.3, -0.25) is 0 Å². The van der Waals surface area contributed by atoms with Crippen LogP contribution in [-0.2, 0) is 10.2 Å². The Morgan fingerprint density at radius 3 is 3.12 bits per heavy atom. The molecular formula is C13H20N2O2. The average molecular weight is 236 g/mol. The first-order valence-electron chi connectivity index (χ1n) is 6.55. The van der Waals surface area contributed by atoms with E-state index < -0.39 is 0 Å². The van der Waals surface area contributed by atoms with Gasteiger partial charge in [-0.2, -0.15) is 0 Å². The summed E-state index contributed by atoms with van der Waals surface area (Å²) in [5.41, 5.74) is 0.0160. The molecule has 2 saturated heterocycles. The number of oxazole rings is 1. The van der Waals surface area contributed by atoms with E-state index in [1.807, 2.05) is 6.20 Å². The molecule has 2 atom stereocenters. The number of rotatable bonds is 2. The maximum atomic E-state index is 5.96. The lowest BCUT2D eigenvalue weighted by atomic mass is 9.83. The molecule has 0 spiro atoms. The Morgan fingerprint density at radius 2 is 2.41 bits per heavy atom. The summed E-state index contributed by atoms with van der Waals surface area (Å²) in [6.45, 7) is 4.90. The quantitative estimate of drug-likeness (QED) is 0.855. The highest BCUT2D eigenvalue weighted by atomic mass is 16.5. The molecule has 0 saturated carbocycles. The zero-order valence-corrected chi connectivity index (χ0v) is 10.4. The third-order valence-corrected chi connectivity index (χ3v) is 3.91. The lowest BCUT2D eigenvalue weighted by Crippen LogP contribution is -2.32. The molecule has 3 heterocycles. The van der Waals surface area contributed by atoms with E-state index in [4.69, 9.17) is 9.15 Å². The van der Waals surface area contributed by atoms with Crippen molar-refractivity contribution in [1.29, 1.82) is 0 Å². The van der Waals surface area contributed by atoms with E-state index in [1.165, 1.54) is 6.42 Å². The summed E-state index contributed by atoms with van der Waals surface area (Å²) in [6, 6.07) is 0.317. The minimum Gasteiger partial charge on any atom is -0.443 e. The second kappa shape index (κ2) is 4.42. The van der Waals surface area contributed by atoms with Gasteiger partial charge in [-0.1, -0.05) is 6.92 Å². The smallest absolute Gasteiger partial charge is 0.211 e. The Labute approximate surface area is 102 Å². The second-order valence-electron chi connectivity index (χ2n) is 5.43. The van der Waals surface area contributed by atoms with E-state index in [9.17, 15) is 0 Å². The number of nitrogens with one attached hydrogen (secondary N) is 1. The van der Waals surface area contributed by atoms with E-state index in [2.05, 4.69) is 17.2 Å². The molecule has 94 valence electrons. The summed E-state index contributed by atoms with van der Waals surface area (Å²) in [6.07, 6.45) is 6.47. The molecule has 2 unspecified atom stereocenters. The monoisotopic (exact) mass is 236 g/mol. The minimum absolute atomic E-state index is 0.0160. The highest BCUT2D eigenvalue weighted by molar-refractivity contribution is 5.12. The van der Waals surface area contributed by atoms with Crippen molar-refractivity contribution in [3.8, 4) is 0 Å². The number of ether oxygens (including phenoxy) is 1. The van der Waals surface area contributed by atoms with Crippen LogP contribution in [-0.4, -0.2) is 24.7 Å². The Bertz CT molecular complexity index is 377. The van der Waals surface area contributed by atoms with Crippen molar-refractivity contribution in [2.45, 2.75) is 44.1 Å². The predicted octanol–water partition coefficient (Wildman–Crippen LogP) is 2.17. The molecule has 0 radical (unpaired) electrons. The highest BCUT2D eigenvalue weighted by Crippen LogP contribution is 2.34. The van der Waals surface area contributed by atoms with E-state index >= 15 is 0 Å². The van der Waals surface area contributed by atoms with Gasteiger partial charge in [-0.05, 0) is 32.2 Å². The summed E-state index contributed by atoms with van der Waals surface area (Å²) in [5, 5.41) is 3.41. The molecule has 0 bridgehead atoms. The molecule has 4 nitrogen and oxygen atoms in total. The van der Waals surface area contributed by atoms with Crippen molar-refractivity contribution < 1.29 is 9.15 Å². The summed E-state index contributed by atoms with van der Waals surface area (Å²) in [5.74, 6) is 1.84. The summed E-state index contributed by atoms with van der Waals surface area (Å²) in [7, 11) is 0. The summed E-state index contributed by atoms with van der Waals surface area (Å²) < 4.78 is 11.5. The van der Waals surface area contributed by atoms with Crippen molar-refractivity contribution in [3.63, 3.8) is 0 Å². The van der Waals surface area contributed by atoms with Crippen molar-refractivity contribution in [2.75, 3.05) is 19.8 Å². The third kappa shape index (κ3) is 2.11. The molecule has 17 heavy (non-hydrogen) atoms. The maximum Gasteiger partial charge on any atom is 0.211 e. The summed E-state index contributed by atoms with van der Waals surface area (Å²) in [4.78, 5) is 4.43. The fourth-order valence-electron chi connectivity index (χ4n) is 2.75. The van der Waals surface area contributed by atoms with Crippen LogP contribution in [0.5, 0.6) is 0 Å². The van der Waals surface area contributed by atoms with Crippen molar-refractivity contribution >= 4 is 0 Å². The van der Waals surface area contributed by atoms with Crippen LogP contribution in [0.2, 0.25) is 0 Å². The average Bonchev–Trinajstić information content (AvgIpc) is 3.01. The number of aromatic nitrogens is 1.